The third kappa shape index (κ3) is 3.99. The highest BCUT2D eigenvalue weighted by atomic mass is 32.2. The monoisotopic (exact) mass is 371 g/mol. The van der Waals surface area contributed by atoms with Crippen LogP contribution in [0.5, 0.6) is 5.75 Å². The van der Waals surface area contributed by atoms with Gasteiger partial charge in [0.25, 0.3) is 0 Å². The van der Waals surface area contributed by atoms with Crippen LogP contribution >= 0.6 is 11.8 Å². The van der Waals surface area contributed by atoms with Gasteiger partial charge in [-0.2, -0.15) is 0 Å². The molecule has 3 aromatic carbocycles. The quantitative estimate of drug-likeness (QED) is 0.316. The number of azo groups is 1. The normalized spacial score (nSPS) is 11.3. The molecule has 1 aromatic heterocycles. The molecule has 4 nitrogen and oxygen atoms in total. The van der Waals surface area contributed by atoms with E-state index in [-0.39, 0.29) is 5.75 Å². The van der Waals surface area contributed by atoms with Crippen molar-refractivity contribution in [2.45, 2.75) is 10.6 Å². The maximum absolute atomic E-state index is 10.2. The van der Waals surface area contributed by atoms with E-state index >= 15 is 0 Å². The number of aromatic nitrogens is 1. The Labute approximate surface area is 161 Å². The molecule has 1 N–H and O–H groups in total. The zero-order valence-electron chi connectivity index (χ0n) is 14.5. The minimum Gasteiger partial charge on any atom is -0.506 e. The van der Waals surface area contributed by atoms with Gasteiger partial charge in [-0.1, -0.05) is 48.5 Å². The number of thioether (sulfide) groups is 1. The SMILES string of the molecule is Oc1ccc2ccccc2c1N=Nc1ccccc1SCc1ccccn1. The van der Waals surface area contributed by atoms with Gasteiger partial charge in [-0.3, -0.25) is 4.98 Å². The van der Waals surface area contributed by atoms with Gasteiger partial charge in [0.1, 0.15) is 11.4 Å². The van der Waals surface area contributed by atoms with Gasteiger partial charge in [-0.15, -0.1) is 22.0 Å². The molecule has 0 aliphatic rings. The molecule has 0 atom stereocenters. The lowest BCUT2D eigenvalue weighted by Gasteiger charge is -2.06. The molecule has 132 valence electrons. The van der Waals surface area contributed by atoms with Crippen molar-refractivity contribution in [3.8, 4) is 5.75 Å². The summed E-state index contributed by atoms with van der Waals surface area (Å²) in [6.45, 7) is 0. The average molecular weight is 371 g/mol. The summed E-state index contributed by atoms with van der Waals surface area (Å²) in [6.07, 6.45) is 1.80. The number of aromatic hydroxyl groups is 1. The molecule has 0 radical (unpaired) electrons. The van der Waals surface area contributed by atoms with Gasteiger partial charge in [-0.05, 0) is 35.7 Å². The first kappa shape index (κ1) is 17.2. The van der Waals surface area contributed by atoms with Crippen LogP contribution in [-0.2, 0) is 5.75 Å². The maximum Gasteiger partial charge on any atom is 0.143 e. The van der Waals surface area contributed by atoms with Crippen molar-refractivity contribution in [3.05, 3.63) is 90.8 Å². The maximum atomic E-state index is 10.2. The van der Waals surface area contributed by atoms with Crippen LogP contribution in [0, 0.1) is 0 Å². The number of phenolic OH excluding ortho intramolecular Hbond substituents is 1. The summed E-state index contributed by atoms with van der Waals surface area (Å²) in [6, 6.07) is 25.1. The number of hydrogen-bond donors (Lipinski definition) is 1. The van der Waals surface area contributed by atoms with Crippen LogP contribution in [0.4, 0.5) is 11.4 Å². The van der Waals surface area contributed by atoms with Crippen molar-refractivity contribution < 1.29 is 5.11 Å². The molecule has 0 aliphatic heterocycles. The summed E-state index contributed by atoms with van der Waals surface area (Å²) in [5, 5.41) is 20.9. The van der Waals surface area contributed by atoms with Crippen LogP contribution in [0.3, 0.4) is 0 Å². The molecule has 1 heterocycles. The second kappa shape index (κ2) is 8.01. The summed E-state index contributed by atoms with van der Waals surface area (Å²) in [5.74, 6) is 0.878. The van der Waals surface area contributed by atoms with E-state index < -0.39 is 0 Å². The van der Waals surface area contributed by atoms with Gasteiger partial charge in [0, 0.05) is 22.2 Å². The standard InChI is InChI=1S/C22H17N3OS/c26-20-13-12-16-7-1-2-9-18(16)22(20)25-24-19-10-3-4-11-21(19)27-15-17-8-5-6-14-23-17/h1-14,26H,15H2. The topological polar surface area (TPSA) is 57.8 Å². The Balaban J connectivity index is 1.63. The number of benzene rings is 3. The molecule has 0 fully saturated rings. The van der Waals surface area contributed by atoms with Crippen molar-refractivity contribution in [3.63, 3.8) is 0 Å². The summed E-state index contributed by atoms with van der Waals surface area (Å²) >= 11 is 1.66. The Morgan fingerprint density at radius 3 is 2.52 bits per heavy atom. The molecule has 5 heteroatoms. The van der Waals surface area contributed by atoms with Gasteiger partial charge < -0.3 is 5.11 Å². The predicted octanol–water partition coefficient (Wildman–Crippen LogP) is 6.65. The highest BCUT2D eigenvalue weighted by Gasteiger charge is 2.07. The molecule has 4 aromatic rings. The van der Waals surface area contributed by atoms with E-state index in [4.69, 9.17) is 0 Å². The molecule has 27 heavy (non-hydrogen) atoms. The lowest BCUT2D eigenvalue weighted by atomic mass is 10.1. The molecular formula is C22H17N3OS. The fourth-order valence-electron chi connectivity index (χ4n) is 2.75. The average Bonchev–Trinajstić information content (AvgIpc) is 2.73. The van der Waals surface area contributed by atoms with Crippen molar-refractivity contribution in [1.29, 1.82) is 0 Å². The third-order valence-electron chi connectivity index (χ3n) is 4.10. The zero-order chi connectivity index (χ0) is 18.5. The van der Waals surface area contributed by atoms with Crippen molar-refractivity contribution >= 4 is 33.9 Å². The first-order chi connectivity index (χ1) is 13.3. The van der Waals surface area contributed by atoms with Gasteiger partial charge in [0.2, 0.25) is 0 Å². The Morgan fingerprint density at radius 1 is 0.815 bits per heavy atom. The lowest BCUT2D eigenvalue weighted by molar-refractivity contribution is 0.477. The van der Waals surface area contributed by atoms with Crippen LogP contribution in [0.25, 0.3) is 10.8 Å². The molecular weight excluding hydrogens is 354 g/mol. The molecule has 0 amide bonds. The highest BCUT2D eigenvalue weighted by molar-refractivity contribution is 7.98. The van der Waals surface area contributed by atoms with E-state index in [1.54, 1.807) is 24.0 Å². The van der Waals surface area contributed by atoms with Crippen molar-refractivity contribution in [2.24, 2.45) is 10.2 Å². The van der Waals surface area contributed by atoms with Gasteiger partial charge in [0.15, 0.2) is 0 Å². The smallest absolute Gasteiger partial charge is 0.143 e. The number of hydrogen-bond acceptors (Lipinski definition) is 5. The summed E-state index contributed by atoms with van der Waals surface area (Å²) in [7, 11) is 0. The number of fused-ring (bicyclic) bond motifs is 1. The summed E-state index contributed by atoms with van der Waals surface area (Å²) < 4.78 is 0. The third-order valence-corrected chi connectivity index (χ3v) is 5.20. The van der Waals surface area contributed by atoms with E-state index in [1.807, 2.05) is 72.8 Å². The van der Waals surface area contributed by atoms with Crippen LogP contribution in [0.2, 0.25) is 0 Å². The van der Waals surface area contributed by atoms with Gasteiger partial charge in [0.05, 0.1) is 11.4 Å². The molecule has 0 aliphatic carbocycles. The number of pyridine rings is 1. The number of rotatable bonds is 5. The van der Waals surface area contributed by atoms with Crippen molar-refractivity contribution in [1.82, 2.24) is 4.98 Å². The van der Waals surface area contributed by atoms with Gasteiger partial charge >= 0.3 is 0 Å². The van der Waals surface area contributed by atoms with Crippen LogP contribution < -0.4 is 0 Å². The zero-order valence-corrected chi connectivity index (χ0v) is 15.3. The van der Waals surface area contributed by atoms with E-state index in [0.29, 0.717) is 5.69 Å². The second-order valence-corrected chi connectivity index (χ2v) is 6.95. The minimum atomic E-state index is 0.121. The lowest BCUT2D eigenvalue weighted by Crippen LogP contribution is -1.84. The summed E-state index contributed by atoms with van der Waals surface area (Å²) in [5.41, 5.74) is 2.27. The number of nitrogens with zero attached hydrogens (tertiary/aromatic N) is 3. The Hall–Kier alpha value is -3.18. The fraction of sp³-hybridized carbons (Fsp3) is 0.0455. The van der Waals surface area contributed by atoms with Crippen LogP contribution in [-0.4, -0.2) is 10.1 Å². The summed E-state index contributed by atoms with van der Waals surface area (Å²) in [4.78, 5) is 5.37. The molecule has 0 spiro atoms. The van der Waals surface area contributed by atoms with E-state index in [1.165, 1.54) is 0 Å². The van der Waals surface area contributed by atoms with Gasteiger partial charge in [-0.25, -0.2) is 0 Å². The van der Waals surface area contributed by atoms with E-state index in [2.05, 4.69) is 15.2 Å². The Bertz CT molecular complexity index is 1100. The second-order valence-electron chi connectivity index (χ2n) is 5.93. The predicted molar refractivity (Wildman–Crippen MR) is 110 cm³/mol. The molecule has 0 saturated heterocycles. The first-order valence-corrected chi connectivity index (χ1v) is 9.54. The molecule has 0 unspecified atom stereocenters. The Kier molecular flexibility index (Phi) is 5.12. The van der Waals surface area contributed by atoms with E-state index in [9.17, 15) is 5.11 Å². The minimum absolute atomic E-state index is 0.121. The van der Waals surface area contributed by atoms with Crippen molar-refractivity contribution in [2.75, 3.05) is 0 Å². The van der Waals surface area contributed by atoms with Crippen LogP contribution in [0.15, 0.2) is 100 Å². The first-order valence-electron chi connectivity index (χ1n) is 8.55. The molecule has 0 bridgehead atoms. The highest BCUT2D eigenvalue weighted by Crippen LogP contribution is 2.37. The largest absolute Gasteiger partial charge is 0.506 e. The Morgan fingerprint density at radius 2 is 1.63 bits per heavy atom. The molecule has 4 rings (SSSR count). The van der Waals surface area contributed by atoms with Crippen LogP contribution in [0.1, 0.15) is 5.69 Å². The van der Waals surface area contributed by atoms with E-state index in [0.717, 1.165) is 32.8 Å². The molecule has 0 saturated carbocycles. The number of phenols is 1. The fourth-order valence-corrected chi connectivity index (χ4v) is 3.66.